The average molecular weight is 379 g/mol. The number of hydrogen-bond donors (Lipinski definition) is 1. The van der Waals surface area contributed by atoms with E-state index in [1.54, 1.807) is 30.3 Å². The van der Waals surface area contributed by atoms with E-state index < -0.39 is 36.2 Å². The van der Waals surface area contributed by atoms with Crippen LogP contribution in [0.15, 0.2) is 48.5 Å². The zero-order valence-corrected chi connectivity index (χ0v) is 15.0. The van der Waals surface area contributed by atoms with Gasteiger partial charge in [-0.3, -0.25) is 4.79 Å². The van der Waals surface area contributed by atoms with Crippen LogP contribution in [0.3, 0.4) is 0 Å². The third kappa shape index (κ3) is 5.56. The Morgan fingerprint density at radius 2 is 1.85 bits per heavy atom. The molecular weight excluding hydrogens is 360 g/mol. The van der Waals surface area contributed by atoms with Crippen molar-refractivity contribution in [3.8, 4) is 0 Å². The van der Waals surface area contributed by atoms with Crippen molar-refractivity contribution in [2.45, 2.75) is 19.1 Å². The summed E-state index contributed by atoms with van der Waals surface area (Å²) < 4.78 is 32.0. The number of hydrogen-bond acceptors (Lipinski definition) is 4. The molecule has 0 fully saturated rings. The molecule has 0 aliphatic heterocycles. The number of amides is 1. The standard InChI is InChI=1S/C19H19F2NO3S/c1-26-11-10-16(22-18(23)13-6-3-2-4-7-13)19(24)25-12-14-8-5-9-15(20)17(14)21/h2-9,16H,10-12H2,1H3,(H,22,23). The maximum Gasteiger partial charge on any atom is 0.329 e. The summed E-state index contributed by atoms with van der Waals surface area (Å²) in [4.78, 5) is 24.6. The molecule has 2 rings (SSSR count). The van der Waals surface area contributed by atoms with Gasteiger partial charge in [-0.25, -0.2) is 13.6 Å². The van der Waals surface area contributed by atoms with Crippen LogP contribution in [0.5, 0.6) is 0 Å². The molecule has 7 heteroatoms. The third-order valence-corrected chi connectivity index (χ3v) is 4.28. The predicted octanol–water partition coefficient (Wildman–Crippen LogP) is 3.56. The third-order valence-electron chi connectivity index (χ3n) is 3.64. The second-order valence-corrected chi connectivity index (χ2v) is 6.48. The Hall–Kier alpha value is -2.41. The van der Waals surface area contributed by atoms with Gasteiger partial charge in [0.1, 0.15) is 12.6 Å². The Balaban J connectivity index is 2.02. The van der Waals surface area contributed by atoms with Gasteiger partial charge in [0.25, 0.3) is 5.91 Å². The second kappa shape index (κ2) is 9.91. The molecule has 0 aromatic heterocycles. The van der Waals surface area contributed by atoms with Crippen LogP contribution in [0, 0.1) is 11.6 Å². The molecule has 1 amide bonds. The first-order valence-corrected chi connectivity index (χ1v) is 9.36. The van der Waals surface area contributed by atoms with Crippen molar-refractivity contribution in [1.29, 1.82) is 0 Å². The number of esters is 1. The minimum Gasteiger partial charge on any atom is -0.459 e. The molecule has 26 heavy (non-hydrogen) atoms. The summed E-state index contributed by atoms with van der Waals surface area (Å²) in [7, 11) is 0. The number of carbonyl (C=O) groups excluding carboxylic acids is 2. The van der Waals surface area contributed by atoms with E-state index in [0.717, 1.165) is 6.07 Å². The lowest BCUT2D eigenvalue weighted by molar-refractivity contribution is -0.147. The number of rotatable bonds is 8. The quantitative estimate of drug-likeness (QED) is 0.713. The first-order valence-electron chi connectivity index (χ1n) is 7.97. The highest BCUT2D eigenvalue weighted by atomic mass is 32.2. The average Bonchev–Trinajstić information content (AvgIpc) is 2.66. The van der Waals surface area contributed by atoms with Crippen LogP contribution < -0.4 is 5.32 Å². The molecule has 138 valence electrons. The van der Waals surface area contributed by atoms with Crippen LogP contribution in [0.4, 0.5) is 8.78 Å². The molecule has 2 aromatic carbocycles. The Bertz CT molecular complexity index is 756. The van der Waals surface area contributed by atoms with Crippen LogP contribution in [0.25, 0.3) is 0 Å². The Morgan fingerprint density at radius 3 is 2.54 bits per heavy atom. The molecule has 0 aliphatic carbocycles. The van der Waals surface area contributed by atoms with Crippen molar-refractivity contribution in [2.24, 2.45) is 0 Å². The number of benzene rings is 2. The van der Waals surface area contributed by atoms with Crippen molar-refractivity contribution in [1.82, 2.24) is 5.32 Å². The number of thioether (sulfide) groups is 1. The largest absolute Gasteiger partial charge is 0.459 e. The van der Waals surface area contributed by atoms with Crippen LogP contribution in [0.1, 0.15) is 22.3 Å². The molecule has 0 bridgehead atoms. The van der Waals surface area contributed by atoms with Crippen molar-refractivity contribution < 1.29 is 23.1 Å². The van der Waals surface area contributed by atoms with E-state index in [2.05, 4.69) is 5.32 Å². The monoisotopic (exact) mass is 379 g/mol. The van der Waals surface area contributed by atoms with Gasteiger partial charge < -0.3 is 10.1 Å². The molecule has 0 saturated carbocycles. The Kier molecular flexibility index (Phi) is 7.59. The van der Waals surface area contributed by atoms with Gasteiger partial charge >= 0.3 is 5.97 Å². The molecule has 4 nitrogen and oxygen atoms in total. The highest BCUT2D eigenvalue weighted by molar-refractivity contribution is 7.98. The van der Waals surface area contributed by atoms with Gasteiger partial charge in [0.2, 0.25) is 0 Å². The van der Waals surface area contributed by atoms with E-state index in [0.29, 0.717) is 17.7 Å². The number of carbonyl (C=O) groups is 2. The molecule has 0 spiro atoms. The van der Waals surface area contributed by atoms with Crippen molar-refractivity contribution >= 4 is 23.6 Å². The Labute approximate surface area is 154 Å². The van der Waals surface area contributed by atoms with Crippen molar-refractivity contribution in [2.75, 3.05) is 12.0 Å². The number of ether oxygens (including phenoxy) is 1. The first-order chi connectivity index (χ1) is 12.5. The van der Waals surface area contributed by atoms with E-state index in [9.17, 15) is 18.4 Å². The van der Waals surface area contributed by atoms with E-state index in [4.69, 9.17) is 4.74 Å². The number of nitrogens with one attached hydrogen (secondary N) is 1. The first kappa shape index (κ1) is 19.9. The summed E-state index contributed by atoms with van der Waals surface area (Å²) in [5.41, 5.74) is 0.363. The molecular formula is C19H19F2NO3S. The van der Waals surface area contributed by atoms with Crippen molar-refractivity contribution in [3.63, 3.8) is 0 Å². The predicted molar refractivity (Wildman–Crippen MR) is 96.8 cm³/mol. The fraction of sp³-hybridized carbons (Fsp3) is 0.263. The van der Waals surface area contributed by atoms with Gasteiger partial charge in [0.05, 0.1) is 0 Å². The van der Waals surface area contributed by atoms with Crippen LogP contribution in [-0.2, 0) is 16.1 Å². The van der Waals surface area contributed by atoms with E-state index >= 15 is 0 Å². The Morgan fingerprint density at radius 1 is 1.12 bits per heavy atom. The maximum atomic E-state index is 13.6. The molecule has 1 unspecified atom stereocenters. The lowest BCUT2D eigenvalue weighted by atomic mass is 10.1. The molecule has 2 aromatic rings. The second-order valence-electron chi connectivity index (χ2n) is 5.49. The summed E-state index contributed by atoms with van der Waals surface area (Å²) in [5, 5.41) is 2.64. The zero-order chi connectivity index (χ0) is 18.9. The molecule has 1 atom stereocenters. The molecule has 0 radical (unpaired) electrons. The van der Waals surface area contributed by atoms with Gasteiger partial charge in [0, 0.05) is 11.1 Å². The van der Waals surface area contributed by atoms with Gasteiger partial charge in [-0.05, 0) is 36.6 Å². The normalized spacial score (nSPS) is 11.7. The summed E-state index contributed by atoms with van der Waals surface area (Å²) in [5.74, 6) is -2.51. The lowest BCUT2D eigenvalue weighted by Crippen LogP contribution is -2.42. The van der Waals surface area contributed by atoms with Crippen LogP contribution >= 0.6 is 11.8 Å². The molecule has 0 saturated heterocycles. The summed E-state index contributed by atoms with van der Waals surface area (Å²) >= 11 is 1.52. The minimum atomic E-state index is -1.05. The fourth-order valence-electron chi connectivity index (χ4n) is 2.23. The van der Waals surface area contributed by atoms with Gasteiger partial charge in [-0.2, -0.15) is 11.8 Å². The highest BCUT2D eigenvalue weighted by Crippen LogP contribution is 2.13. The molecule has 0 aliphatic rings. The topological polar surface area (TPSA) is 55.4 Å². The van der Waals surface area contributed by atoms with E-state index in [-0.39, 0.29) is 5.56 Å². The lowest BCUT2D eigenvalue weighted by Gasteiger charge is -2.17. The smallest absolute Gasteiger partial charge is 0.329 e. The van der Waals surface area contributed by atoms with Gasteiger partial charge in [-0.15, -0.1) is 0 Å². The molecule has 0 heterocycles. The highest BCUT2D eigenvalue weighted by Gasteiger charge is 2.23. The number of halogens is 2. The fourth-order valence-corrected chi connectivity index (χ4v) is 2.70. The van der Waals surface area contributed by atoms with Crippen LogP contribution in [0.2, 0.25) is 0 Å². The summed E-state index contributed by atoms with van der Waals surface area (Å²) in [6, 6.07) is 11.3. The molecule has 1 N–H and O–H groups in total. The zero-order valence-electron chi connectivity index (χ0n) is 14.2. The van der Waals surface area contributed by atoms with E-state index in [1.165, 1.54) is 23.9 Å². The summed E-state index contributed by atoms with van der Waals surface area (Å²) in [6.45, 7) is -0.403. The SMILES string of the molecule is CSCCC(NC(=O)c1ccccc1)C(=O)OCc1cccc(F)c1F. The maximum absolute atomic E-state index is 13.6. The van der Waals surface area contributed by atoms with Gasteiger partial charge in [0.15, 0.2) is 11.6 Å². The van der Waals surface area contributed by atoms with Crippen LogP contribution in [-0.4, -0.2) is 29.9 Å². The van der Waals surface area contributed by atoms with E-state index in [1.807, 2.05) is 6.26 Å². The minimum absolute atomic E-state index is 0.0589. The van der Waals surface area contributed by atoms with Gasteiger partial charge in [-0.1, -0.05) is 30.3 Å². The summed E-state index contributed by atoms with van der Waals surface area (Å²) in [6.07, 6.45) is 2.24. The van der Waals surface area contributed by atoms with Crippen molar-refractivity contribution in [3.05, 3.63) is 71.3 Å².